The smallest absolute Gasteiger partial charge is 0.318 e. The maximum atomic E-state index is 12.3. The molecule has 2 heterocycles. The van der Waals surface area contributed by atoms with Gasteiger partial charge in [-0.15, -0.1) is 0 Å². The zero-order valence-corrected chi connectivity index (χ0v) is 20.8. The van der Waals surface area contributed by atoms with Gasteiger partial charge < -0.3 is 20.5 Å². The van der Waals surface area contributed by atoms with Gasteiger partial charge in [-0.3, -0.25) is 0 Å². The van der Waals surface area contributed by atoms with Crippen LogP contribution in [0.5, 0.6) is 6.01 Å². The SMILES string of the molecule is COc1nc(NC2CCNCC2)c2cc(C(O)(c3ccc(Cl)cc3)c3ccc(Cl)cc3)ccc2n1. The summed E-state index contributed by atoms with van der Waals surface area (Å²) < 4.78 is 5.36. The van der Waals surface area contributed by atoms with E-state index in [1.165, 1.54) is 0 Å². The van der Waals surface area contributed by atoms with Crippen molar-refractivity contribution in [2.45, 2.75) is 24.5 Å². The van der Waals surface area contributed by atoms with E-state index < -0.39 is 5.60 Å². The number of rotatable bonds is 6. The second-order valence-corrected chi connectivity index (χ2v) is 9.56. The summed E-state index contributed by atoms with van der Waals surface area (Å²) in [4.78, 5) is 9.16. The molecule has 1 fully saturated rings. The molecule has 5 rings (SSSR count). The van der Waals surface area contributed by atoms with Gasteiger partial charge in [0.25, 0.3) is 0 Å². The van der Waals surface area contributed by atoms with Crippen LogP contribution in [0.2, 0.25) is 10.0 Å². The van der Waals surface area contributed by atoms with E-state index >= 15 is 0 Å². The molecule has 3 N–H and O–H groups in total. The Labute approximate surface area is 214 Å². The number of hydrogen-bond acceptors (Lipinski definition) is 6. The van der Waals surface area contributed by atoms with Crippen LogP contribution in [0.3, 0.4) is 0 Å². The van der Waals surface area contributed by atoms with Crippen LogP contribution in [0.1, 0.15) is 29.5 Å². The minimum atomic E-state index is -1.45. The Morgan fingerprint density at radius 2 is 1.46 bits per heavy atom. The quantitative estimate of drug-likeness (QED) is 0.303. The molecule has 1 saturated heterocycles. The van der Waals surface area contributed by atoms with Crippen LogP contribution in [0.4, 0.5) is 5.82 Å². The summed E-state index contributed by atoms with van der Waals surface area (Å²) in [6.07, 6.45) is 1.99. The maximum absolute atomic E-state index is 12.3. The van der Waals surface area contributed by atoms with Gasteiger partial charge in [0.1, 0.15) is 11.4 Å². The Morgan fingerprint density at radius 1 is 0.886 bits per heavy atom. The molecule has 0 unspecified atom stereocenters. The van der Waals surface area contributed by atoms with Crippen LogP contribution in [-0.2, 0) is 5.60 Å². The largest absolute Gasteiger partial charge is 0.467 e. The second kappa shape index (κ2) is 9.99. The molecule has 8 heteroatoms. The Hall–Kier alpha value is -2.90. The van der Waals surface area contributed by atoms with Gasteiger partial charge in [0, 0.05) is 21.5 Å². The van der Waals surface area contributed by atoms with Crippen molar-refractivity contribution in [2.75, 3.05) is 25.5 Å². The molecule has 1 aliphatic heterocycles. The first kappa shape index (κ1) is 23.8. The van der Waals surface area contributed by atoms with E-state index in [1.807, 2.05) is 42.5 Å². The van der Waals surface area contributed by atoms with Crippen molar-refractivity contribution in [3.05, 3.63) is 93.5 Å². The third-order valence-corrected chi connectivity index (χ3v) is 6.98. The normalized spacial score (nSPS) is 14.7. The summed E-state index contributed by atoms with van der Waals surface area (Å²) in [6.45, 7) is 1.91. The molecule has 0 aliphatic carbocycles. The first-order chi connectivity index (χ1) is 17.0. The molecule has 1 aromatic heterocycles. The van der Waals surface area contributed by atoms with Gasteiger partial charge in [-0.25, -0.2) is 0 Å². The number of hydrogen-bond donors (Lipinski definition) is 3. The average Bonchev–Trinajstić information content (AvgIpc) is 2.89. The zero-order chi connectivity index (χ0) is 24.4. The minimum absolute atomic E-state index is 0.286. The molecule has 6 nitrogen and oxygen atoms in total. The Morgan fingerprint density at radius 3 is 2.03 bits per heavy atom. The highest BCUT2D eigenvalue weighted by Gasteiger charge is 2.34. The number of methoxy groups -OCH3 is 1. The number of nitrogens with one attached hydrogen (secondary N) is 2. The number of halogens is 2. The van der Waals surface area contributed by atoms with E-state index in [1.54, 1.807) is 31.4 Å². The highest BCUT2D eigenvalue weighted by molar-refractivity contribution is 6.30. The van der Waals surface area contributed by atoms with Crippen LogP contribution < -0.4 is 15.4 Å². The lowest BCUT2D eigenvalue weighted by Gasteiger charge is -2.31. The number of ether oxygens (including phenoxy) is 1. The van der Waals surface area contributed by atoms with Crippen molar-refractivity contribution < 1.29 is 9.84 Å². The lowest BCUT2D eigenvalue weighted by molar-refractivity contribution is 0.126. The summed E-state index contributed by atoms with van der Waals surface area (Å²) in [7, 11) is 1.56. The molecule has 0 amide bonds. The number of aliphatic hydroxyl groups is 1. The van der Waals surface area contributed by atoms with Gasteiger partial charge in [0.15, 0.2) is 0 Å². The standard InChI is InChI=1S/C27H26Cl2N4O2/c1-35-26-32-24-11-6-19(16-23(24)25(33-26)31-22-12-14-30-15-13-22)27(34,17-2-7-20(28)8-3-17)18-4-9-21(29)10-5-18/h2-11,16,22,30,34H,12-15H2,1H3,(H,31,32,33). The Kier molecular flexibility index (Phi) is 6.80. The summed E-state index contributed by atoms with van der Waals surface area (Å²) in [5.41, 5.74) is 1.33. The van der Waals surface area contributed by atoms with Gasteiger partial charge >= 0.3 is 6.01 Å². The lowest BCUT2D eigenvalue weighted by Crippen LogP contribution is -2.35. The monoisotopic (exact) mass is 508 g/mol. The molecule has 0 bridgehead atoms. The third-order valence-electron chi connectivity index (χ3n) is 6.48. The first-order valence-corrected chi connectivity index (χ1v) is 12.3. The van der Waals surface area contributed by atoms with Gasteiger partial charge in [0.2, 0.25) is 0 Å². The third kappa shape index (κ3) is 4.80. The number of nitrogens with zero attached hydrogens (tertiary/aromatic N) is 2. The van der Waals surface area contributed by atoms with Crippen molar-refractivity contribution in [3.63, 3.8) is 0 Å². The Bertz CT molecular complexity index is 1280. The molecule has 35 heavy (non-hydrogen) atoms. The van der Waals surface area contributed by atoms with Crippen LogP contribution in [0.25, 0.3) is 10.9 Å². The van der Waals surface area contributed by atoms with E-state index in [9.17, 15) is 5.11 Å². The van der Waals surface area contributed by atoms with E-state index in [0.29, 0.717) is 38.6 Å². The van der Waals surface area contributed by atoms with Gasteiger partial charge in [0.05, 0.1) is 12.6 Å². The predicted octanol–water partition coefficient (Wildman–Crippen LogP) is 5.39. The molecule has 0 radical (unpaired) electrons. The molecule has 4 aromatic rings. The van der Waals surface area contributed by atoms with Gasteiger partial charge in [-0.2, -0.15) is 9.97 Å². The van der Waals surface area contributed by atoms with Crippen molar-refractivity contribution in [2.24, 2.45) is 0 Å². The first-order valence-electron chi connectivity index (χ1n) is 11.6. The van der Waals surface area contributed by atoms with Crippen LogP contribution >= 0.6 is 23.2 Å². The van der Waals surface area contributed by atoms with E-state index in [-0.39, 0.29) is 6.04 Å². The van der Waals surface area contributed by atoms with Crippen molar-refractivity contribution in [1.82, 2.24) is 15.3 Å². The van der Waals surface area contributed by atoms with Crippen molar-refractivity contribution >= 4 is 39.9 Å². The molecule has 0 atom stereocenters. The summed E-state index contributed by atoms with van der Waals surface area (Å²) >= 11 is 12.3. The van der Waals surface area contributed by atoms with Gasteiger partial charge in [-0.05, 0) is 79.0 Å². The Balaban J connectivity index is 1.68. The molecular formula is C27H26Cl2N4O2. The molecular weight excluding hydrogens is 483 g/mol. The fraction of sp³-hybridized carbons (Fsp3) is 0.259. The minimum Gasteiger partial charge on any atom is -0.467 e. The number of anilines is 1. The van der Waals surface area contributed by atoms with E-state index in [4.69, 9.17) is 27.9 Å². The number of aromatic nitrogens is 2. The highest BCUT2D eigenvalue weighted by Crippen LogP contribution is 2.39. The number of fused-ring (bicyclic) bond motifs is 1. The lowest BCUT2D eigenvalue weighted by atomic mass is 9.80. The van der Waals surface area contributed by atoms with E-state index in [0.717, 1.165) is 36.8 Å². The van der Waals surface area contributed by atoms with E-state index in [2.05, 4.69) is 20.6 Å². The summed E-state index contributed by atoms with van der Waals surface area (Å²) in [5, 5.41) is 21.3. The molecule has 0 saturated carbocycles. The average molecular weight is 509 g/mol. The fourth-order valence-corrected chi connectivity index (χ4v) is 4.83. The highest BCUT2D eigenvalue weighted by atomic mass is 35.5. The number of piperidine rings is 1. The van der Waals surface area contributed by atoms with Crippen LogP contribution in [-0.4, -0.2) is 41.3 Å². The van der Waals surface area contributed by atoms with Gasteiger partial charge in [-0.1, -0.05) is 53.5 Å². The topological polar surface area (TPSA) is 79.3 Å². The molecule has 1 aliphatic rings. The number of benzene rings is 3. The fourth-order valence-electron chi connectivity index (χ4n) is 4.58. The summed E-state index contributed by atoms with van der Waals surface area (Å²) in [6, 6.07) is 20.7. The van der Waals surface area contributed by atoms with Crippen molar-refractivity contribution in [3.8, 4) is 6.01 Å². The predicted molar refractivity (Wildman–Crippen MR) is 141 cm³/mol. The van der Waals surface area contributed by atoms with Crippen LogP contribution in [0, 0.1) is 0 Å². The zero-order valence-electron chi connectivity index (χ0n) is 19.3. The molecule has 0 spiro atoms. The molecule has 3 aromatic carbocycles. The maximum Gasteiger partial charge on any atom is 0.318 e. The van der Waals surface area contributed by atoms with Crippen molar-refractivity contribution in [1.29, 1.82) is 0 Å². The molecule has 180 valence electrons. The van der Waals surface area contributed by atoms with Crippen LogP contribution in [0.15, 0.2) is 66.7 Å². The second-order valence-electron chi connectivity index (χ2n) is 8.68. The summed E-state index contributed by atoms with van der Waals surface area (Å²) in [5.74, 6) is 0.690.